The molecule has 1 unspecified atom stereocenters. The lowest BCUT2D eigenvalue weighted by Crippen LogP contribution is -2.41. The highest BCUT2D eigenvalue weighted by atomic mass is 16.5. The molecule has 0 bridgehead atoms. The molecule has 2 rings (SSSR count). The summed E-state index contributed by atoms with van der Waals surface area (Å²) in [4.78, 5) is 23.6. The van der Waals surface area contributed by atoms with E-state index in [1.807, 2.05) is 18.2 Å². The fourth-order valence-electron chi connectivity index (χ4n) is 2.03. The van der Waals surface area contributed by atoms with Gasteiger partial charge < -0.3 is 25.2 Å². The average Bonchev–Trinajstić information content (AvgIpc) is 2.66. The molecular weight excluding hydrogens is 336 g/mol. The number of para-hydroxylation sites is 1. The molecule has 2 aromatic rings. The van der Waals surface area contributed by atoms with E-state index in [1.54, 1.807) is 31.2 Å². The van der Waals surface area contributed by atoms with Gasteiger partial charge in [-0.15, -0.1) is 0 Å². The zero-order chi connectivity index (χ0) is 18.8. The van der Waals surface area contributed by atoms with Crippen LogP contribution in [0, 0.1) is 0 Å². The highest BCUT2D eigenvalue weighted by Crippen LogP contribution is 2.17. The summed E-state index contributed by atoms with van der Waals surface area (Å²) in [6.45, 7) is 2.10. The van der Waals surface area contributed by atoms with Crippen molar-refractivity contribution in [1.82, 2.24) is 10.6 Å². The van der Waals surface area contributed by atoms with Crippen LogP contribution >= 0.6 is 0 Å². The van der Waals surface area contributed by atoms with Crippen molar-refractivity contribution in [2.24, 2.45) is 0 Å². The fraction of sp³-hybridized carbons (Fsp3) is 0.263. The second kappa shape index (κ2) is 9.93. The van der Waals surface area contributed by atoms with Crippen LogP contribution in [0.1, 0.15) is 6.92 Å². The maximum Gasteiger partial charge on any atom is 0.260 e. The molecule has 2 aromatic carbocycles. The zero-order valence-corrected chi connectivity index (χ0v) is 14.5. The third-order valence-electron chi connectivity index (χ3n) is 3.38. The van der Waals surface area contributed by atoms with E-state index in [4.69, 9.17) is 9.47 Å². The molecule has 0 saturated heterocycles. The molecule has 0 heterocycles. The predicted molar refractivity (Wildman–Crippen MR) is 96.2 cm³/mol. The van der Waals surface area contributed by atoms with Crippen molar-refractivity contribution in [1.29, 1.82) is 0 Å². The normalized spacial score (nSPS) is 11.3. The molecule has 138 valence electrons. The molecule has 0 saturated carbocycles. The van der Waals surface area contributed by atoms with Gasteiger partial charge in [0.25, 0.3) is 11.8 Å². The summed E-state index contributed by atoms with van der Waals surface area (Å²) in [7, 11) is 0. The fourth-order valence-corrected chi connectivity index (χ4v) is 2.03. The Hall–Kier alpha value is -3.22. The predicted octanol–water partition coefficient (Wildman–Crippen LogP) is 1.47. The number of carbonyl (C=O) groups is 2. The van der Waals surface area contributed by atoms with Gasteiger partial charge in [-0.3, -0.25) is 9.59 Å². The number of hydrogen-bond acceptors (Lipinski definition) is 5. The van der Waals surface area contributed by atoms with Crippen LogP contribution in [0.5, 0.6) is 17.2 Å². The molecule has 0 fully saturated rings. The van der Waals surface area contributed by atoms with Crippen molar-refractivity contribution in [2.75, 3.05) is 19.7 Å². The second-order valence-electron chi connectivity index (χ2n) is 5.50. The Balaban J connectivity index is 1.60. The topological polar surface area (TPSA) is 96.9 Å². The Morgan fingerprint density at radius 2 is 1.62 bits per heavy atom. The Kier molecular flexibility index (Phi) is 7.30. The largest absolute Gasteiger partial charge is 0.508 e. The first kappa shape index (κ1) is 19.1. The number of hydrogen-bond donors (Lipinski definition) is 3. The van der Waals surface area contributed by atoms with Gasteiger partial charge in [-0.2, -0.15) is 0 Å². The number of ether oxygens (including phenoxy) is 2. The molecule has 0 spiro atoms. The van der Waals surface area contributed by atoms with Crippen molar-refractivity contribution in [3.63, 3.8) is 0 Å². The number of aromatic hydroxyl groups is 1. The Bertz CT molecular complexity index is 704. The van der Waals surface area contributed by atoms with E-state index in [1.165, 1.54) is 12.1 Å². The van der Waals surface area contributed by atoms with Gasteiger partial charge in [-0.25, -0.2) is 0 Å². The van der Waals surface area contributed by atoms with Crippen LogP contribution < -0.4 is 20.1 Å². The average molecular weight is 358 g/mol. The Morgan fingerprint density at radius 3 is 2.31 bits per heavy atom. The van der Waals surface area contributed by atoms with Crippen molar-refractivity contribution >= 4 is 11.8 Å². The third kappa shape index (κ3) is 6.72. The first-order valence-corrected chi connectivity index (χ1v) is 8.22. The minimum absolute atomic E-state index is 0.0850. The molecule has 0 aliphatic heterocycles. The monoisotopic (exact) mass is 358 g/mol. The minimum atomic E-state index is -0.698. The van der Waals surface area contributed by atoms with E-state index in [0.717, 1.165) is 0 Å². The molecule has 0 aromatic heterocycles. The molecule has 1 atom stereocenters. The standard InChI is InChI=1S/C19H22N2O5/c1-14(26-17-9-7-15(22)8-10-17)19(24)21-12-11-20-18(23)13-25-16-5-3-2-4-6-16/h2-10,14,22H,11-13H2,1H3,(H,20,23)(H,21,24). The summed E-state index contributed by atoms with van der Waals surface area (Å²) < 4.78 is 10.8. The Labute approximate surface area is 151 Å². The van der Waals surface area contributed by atoms with E-state index >= 15 is 0 Å². The van der Waals surface area contributed by atoms with Crippen LogP contribution in [0.4, 0.5) is 0 Å². The zero-order valence-electron chi connectivity index (χ0n) is 14.5. The Morgan fingerprint density at radius 1 is 0.962 bits per heavy atom. The van der Waals surface area contributed by atoms with Gasteiger partial charge in [0, 0.05) is 13.1 Å². The van der Waals surface area contributed by atoms with Crippen LogP contribution in [-0.2, 0) is 9.59 Å². The molecule has 0 radical (unpaired) electrons. The van der Waals surface area contributed by atoms with Crippen molar-refractivity contribution in [2.45, 2.75) is 13.0 Å². The van der Waals surface area contributed by atoms with Crippen LogP contribution in [-0.4, -0.2) is 42.7 Å². The van der Waals surface area contributed by atoms with E-state index < -0.39 is 6.10 Å². The summed E-state index contributed by atoms with van der Waals surface area (Å²) in [6, 6.07) is 15.2. The van der Waals surface area contributed by atoms with E-state index in [9.17, 15) is 14.7 Å². The maximum absolute atomic E-state index is 11.9. The van der Waals surface area contributed by atoms with Crippen LogP contribution in [0.25, 0.3) is 0 Å². The molecule has 3 N–H and O–H groups in total. The molecule has 0 aliphatic carbocycles. The molecular formula is C19H22N2O5. The van der Waals surface area contributed by atoms with Crippen LogP contribution in [0.3, 0.4) is 0 Å². The molecule has 26 heavy (non-hydrogen) atoms. The van der Waals surface area contributed by atoms with Gasteiger partial charge in [0.2, 0.25) is 0 Å². The van der Waals surface area contributed by atoms with Gasteiger partial charge >= 0.3 is 0 Å². The van der Waals surface area contributed by atoms with Crippen molar-refractivity contribution in [3.05, 3.63) is 54.6 Å². The molecule has 2 amide bonds. The van der Waals surface area contributed by atoms with Gasteiger partial charge in [0.1, 0.15) is 17.2 Å². The summed E-state index contributed by atoms with van der Waals surface area (Å²) in [5, 5.41) is 14.5. The third-order valence-corrected chi connectivity index (χ3v) is 3.38. The summed E-state index contributed by atoms with van der Waals surface area (Å²) in [5.41, 5.74) is 0. The van der Waals surface area contributed by atoms with Gasteiger partial charge in [-0.05, 0) is 43.3 Å². The lowest BCUT2D eigenvalue weighted by atomic mass is 10.3. The van der Waals surface area contributed by atoms with E-state index in [2.05, 4.69) is 10.6 Å². The number of benzene rings is 2. The minimum Gasteiger partial charge on any atom is -0.508 e. The SMILES string of the molecule is CC(Oc1ccc(O)cc1)C(=O)NCCNC(=O)COc1ccccc1. The van der Waals surface area contributed by atoms with Gasteiger partial charge in [0.15, 0.2) is 12.7 Å². The molecule has 7 nitrogen and oxygen atoms in total. The number of rotatable bonds is 9. The summed E-state index contributed by atoms with van der Waals surface area (Å²) >= 11 is 0. The summed E-state index contributed by atoms with van der Waals surface area (Å²) in [6.07, 6.45) is -0.698. The van der Waals surface area contributed by atoms with Gasteiger partial charge in [-0.1, -0.05) is 18.2 Å². The number of phenols is 1. The highest BCUT2D eigenvalue weighted by molar-refractivity contribution is 5.81. The highest BCUT2D eigenvalue weighted by Gasteiger charge is 2.14. The van der Waals surface area contributed by atoms with Crippen LogP contribution in [0.15, 0.2) is 54.6 Å². The van der Waals surface area contributed by atoms with E-state index in [0.29, 0.717) is 11.5 Å². The number of nitrogens with one attached hydrogen (secondary N) is 2. The van der Waals surface area contributed by atoms with E-state index in [-0.39, 0.29) is 37.3 Å². The van der Waals surface area contributed by atoms with Crippen molar-refractivity contribution < 1.29 is 24.2 Å². The van der Waals surface area contributed by atoms with Crippen molar-refractivity contribution in [3.8, 4) is 17.2 Å². The lowest BCUT2D eigenvalue weighted by molar-refractivity contribution is -0.127. The quantitative estimate of drug-likeness (QED) is 0.590. The second-order valence-corrected chi connectivity index (χ2v) is 5.50. The number of carbonyl (C=O) groups excluding carboxylic acids is 2. The first-order valence-electron chi connectivity index (χ1n) is 8.22. The smallest absolute Gasteiger partial charge is 0.260 e. The van der Waals surface area contributed by atoms with Gasteiger partial charge in [0.05, 0.1) is 0 Å². The number of amides is 2. The van der Waals surface area contributed by atoms with Crippen LogP contribution in [0.2, 0.25) is 0 Å². The number of phenolic OH excluding ortho intramolecular Hbond substituents is 1. The maximum atomic E-state index is 11.9. The molecule has 7 heteroatoms. The summed E-state index contributed by atoms with van der Waals surface area (Å²) in [5.74, 6) is 0.666. The lowest BCUT2D eigenvalue weighted by Gasteiger charge is -2.15. The first-order chi connectivity index (χ1) is 12.5. The molecule has 0 aliphatic rings.